The van der Waals surface area contributed by atoms with E-state index in [9.17, 15) is 0 Å². The van der Waals surface area contributed by atoms with Crippen LogP contribution in [0.1, 0.15) is 30.5 Å². The third-order valence-electron chi connectivity index (χ3n) is 2.87. The molecule has 0 fully saturated rings. The molecule has 2 aromatic rings. The van der Waals surface area contributed by atoms with E-state index in [-0.39, 0.29) is 6.04 Å². The third kappa shape index (κ3) is 3.43. The Balaban J connectivity index is 1.82. The second kappa shape index (κ2) is 5.64. The molecule has 1 heterocycles. The Bertz CT molecular complexity index is 446. The van der Waals surface area contributed by atoms with Gasteiger partial charge in [0.05, 0.1) is 6.20 Å². The summed E-state index contributed by atoms with van der Waals surface area (Å²) in [6.07, 6.45) is 6.08. The van der Waals surface area contributed by atoms with Crippen molar-refractivity contribution in [3.63, 3.8) is 0 Å². The third-order valence-corrected chi connectivity index (χ3v) is 2.87. The predicted molar refractivity (Wildman–Crippen MR) is 69.6 cm³/mol. The van der Waals surface area contributed by atoms with Crippen molar-refractivity contribution in [2.75, 3.05) is 0 Å². The molecule has 1 aromatic heterocycles. The Hall–Kier alpha value is -1.61. The summed E-state index contributed by atoms with van der Waals surface area (Å²) >= 11 is 0. The first-order valence-corrected chi connectivity index (χ1v) is 6.07. The molecule has 0 aliphatic carbocycles. The SMILES string of the molecule is C[C@H](N)c1cnn(CCCc2ccccc2)c1. The lowest BCUT2D eigenvalue weighted by atomic mass is 10.1. The summed E-state index contributed by atoms with van der Waals surface area (Å²) in [5.74, 6) is 0. The van der Waals surface area contributed by atoms with Crippen molar-refractivity contribution in [2.24, 2.45) is 5.73 Å². The van der Waals surface area contributed by atoms with E-state index in [0.717, 1.165) is 24.9 Å². The molecule has 0 saturated heterocycles. The van der Waals surface area contributed by atoms with Gasteiger partial charge in [0, 0.05) is 24.3 Å². The quantitative estimate of drug-likeness (QED) is 0.856. The number of aromatic nitrogens is 2. The molecule has 3 heteroatoms. The van der Waals surface area contributed by atoms with Crippen molar-refractivity contribution >= 4 is 0 Å². The Labute approximate surface area is 102 Å². The molecule has 0 aliphatic heterocycles. The van der Waals surface area contributed by atoms with E-state index in [1.165, 1.54) is 5.56 Å². The molecule has 2 N–H and O–H groups in total. The fraction of sp³-hybridized carbons (Fsp3) is 0.357. The minimum Gasteiger partial charge on any atom is -0.324 e. The highest BCUT2D eigenvalue weighted by molar-refractivity contribution is 5.14. The summed E-state index contributed by atoms with van der Waals surface area (Å²) in [6.45, 7) is 2.92. The van der Waals surface area contributed by atoms with E-state index in [1.807, 2.05) is 30.1 Å². The van der Waals surface area contributed by atoms with Crippen LogP contribution in [0.15, 0.2) is 42.7 Å². The van der Waals surface area contributed by atoms with Crippen LogP contribution in [0.4, 0.5) is 0 Å². The van der Waals surface area contributed by atoms with Crippen LogP contribution in [0.5, 0.6) is 0 Å². The van der Waals surface area contributed by atoms with Crippen molar-refractivity contribution in [2.45, 2.75) is 32.4 Å². The number of nitrogens with zero attached hydrogens (tertiary/aromatic N) is 2. The molecule has 1 aromatic carbocycles. The highest BCUT2D eigenvalue weighted by Crippen LogP contribution is 2.08. The Kier molecular flexibility index (Phi) is 3.94. The Morgan fingerprint density at radius 1 is 1.29 bits per heavy atom. The second-order valence-corrected chi connectivity index (χ2v) is 4.41. The zero-order chi connectivity index (χ0) is 12.1. The van der Waals surface area contributed by atoms with Crippen molar-refractivity contribution in [3.05, 3.63) is 53.9 Å². The number of hydrogen-bond acceptors (Lipinski definition) is 2. The lowest BCUT2D eigenvalue weighted by Gasteiger charge is -2.02. The normalized spacial score (nSPS) is 12.6. The first kappa shape index (κ1) is 11.9. The van der Waals surface area contributed by atoms with E-state index >= 15 is 0 Å². The van der Waals surface area contributed by atoms with E-state index in [0.29, 0.717) is 0 Å². The van der Waals surface area contributed by atoms with Crippen LogP contribution < -0.4 is 5.73 Å². The van der Waals surface area contributed by atoms with E-state index in [4.69, 9.17) is 5.73 Å². The first-order valence-electron chi connectivity index (χ1n) is 6.07. The van der Waals surface area contributed by atoms with Crippen LogP contribution in [0.3, 0.4) is 0 Å². The van der Waals surface area contributed by atoms with E-state index in [2.05, 4.69) is 29.4 Å². The molecule has 0 bridgehead atoms. The highest BCUT2D eigenvalue weighted by atomic mass is 15.3. The molecule has 0 unspecified atom stereocenters. The Morgan fingerprint density at radius 3 is 2.71 bits per heavy atom. The van der Waals surface area contributed by atoms with Gasteiger partial charge >= 0.3 is 0 Å². The summed E-state index contributed by atoms with van der Waals surface area (Å²) in [7, 11) is 0. The molecule has 0 aliphatic rings. The smallest absolute Gasteiger partial charge is 0.0537 e. The number of benzene rings is 1. The van der Waals surface area contributed by atoms with Gasteiger partial charge in [-0.15, -0.1) is 0 Å². The number of hydrogen-bond donors (Lipinski definition) is 1. The molecule has 3 nitrogen and oxygen atoms in total. The summed E-state index contributed by atoms with van der Waals surface area (Å²) in [5.41, 5.74) is 8.28. The van der Waals surface area contributed by atoms with Gasteiger partial charge in [-0.2, -0.15) is 5.10 Å². The van der Waals surface area contributed by atoms with Crippen molar-refractivity contribution < 1.29 is 0 Å². The number of rotatable bonds is 5. The van der Waals surface area contributed by atoms with Crippen LogP contribution in [0.25, 0.3) is 0 Å². The maximum absolute atomic E-state index is 5.79. The van der Waals surface area contributed by atoms with Gasteiger partial charge in [-0.3, -0.25) is 4.68 Å². The van der Waals surface area contributed by atoms with Crippen LogP contribution in [0.2, 0.25) is 0 Å². The summed E-state index contributed by atoms with van der Waals surface area (Å²) in [6, 6.07) is 10.6. The van der Waals surface area contributed by atoms with Gasteiger partial charge in [0.2, 0.25) is 0 Å². The fourth-order valence-electron chi connectivity index (χ4n) is 1.83. The van der Waals surface area contributed by atoms with Crippen LogP contribution in [0, 0.1) is 0 Å². The average Bonchev–Trinajstić information content (AvgIpc) is 2.79. The second-order valence-electron chi connectivity index (χ2n) is 4.41. The van der Waals surface area contributed by atoms with Crippen LogP contribution in [-0.2, 0) is 13.0 Å². The van der Waals surface area contributed by atoms with E-state index < -0.39 is 0 Å². The maximum Gasteiger partial charge on any atom is 0.0537 e. The lowest BCUT2D eigenvalue weighted by Crippen LogP contribution is -2.04. The van der Waals surface area contributed by atoms with E-state index in [1.54, 1.807) is 0 Å². The molecular weight excluding hydrogens is 210 g/mol. The van der Waals surface area contributed by atoms with Gasteiger partial charge in [-0.05, 0) is 25.3 Å². The van der Waals surface area contributed by atoms with Crippen LogP contribution in [-0.4, -0.2) is 9.78 Å². The van der Waals surface area contributed by atoms with Crippen molar-refractivity contribution in [1.29, 1.82) is 0 Å². The molecule has 0 amide bonds. The molecule has 0 spiro atoms. The molecule has 17 heavy (non-hydrogen) atoms. The van der Waals surface area contributed by atoms with Crippen LogP contribution >= 0.6 is 0 Å². The summed E-state index contributed by atoms with van der Waals surface area (Å²) in [4.78, 5) is 0. The standard InChI is InChI=1S/C14H19N3/c1-12(15)14-10-16-17(11-14)9-5-8-13-6-3-2-4-7-13/h2-4,6-7,10-12H,5,8-9,15H2,1H3/t12-/m0/s1. The molecule has 0 saturated carbocycles. The van der Waals surface area contributed by atoms with Gasteiger partial charge in [0.1, 0.15) is 0 Å². The zero-order valence-corrected chi connectivity index (χ0v) is 10.2. The van der Waals surface area contributed by atoms with Crippen molar-refractivity contribution in [1.82, 2.24) is 9.78 Å². The summed E-state index contributed by atoms with van der Waals surface area (Å²) < 4.78 is 1.97. The zero-order valence-electron chi connectivity index (χ0n) is 10.2. The number of aryl methyl sites for hydroxylation is 2. The number of nitrogens with two attached hydrogens (primary N) is 1. The fourth-order valence-corrected chi connectivity index (χ4v) is 1.83. The molecule has 0 radical (unpaired) electrons. The molecule has 1 atom stereocenters. The molecule has 90 valence electrons. The minimum atomic E-state index is 0.0675. The Morgan fingerprint density at radius 2 is 2.06 bits per heavy atom. The van der Waals surface area contributed by atoms with Crippen molar-refractivity contribution in [3.8, 4) is 0 Å². The topological polar surface area (TPSA) is 43.8 Å². The summed E-state index contributed by atoms with van der Waals surface area (Å²) in [5, 5.41) is 4.31. The van der Waals surface area contributed by atoms with Gasteiger partial charge in [0.15, 0.2) is 0 Å². The predicted octanol–water partition coefficient (Wildman–Crippen LogP) is 2.54. The van der Waals surface area contributed by atoms with Gasteiger partial charge in [-0.25, -0.2) is 0 Å². The highest BCUT2D eigenvalue weighted by Gasteiger charge is 2.02. The first-order chi connectivity index (χ1) is 8.25. The maximum atomic E-state index is 5.79. The van der Waals surface area contributed by atoms with Gasteiger partial charge in [-0.1, -0.05) is 30.3 Å². The van der Waals surface area contributed by atoms with Gasteiger partial charge < -0.3 is 5.73 Å². The lowest BCUT2D eigenvalue weighted by molar-refractivity contribution is 0.578. The minimum absolute atomic E-state index is 0.0675. The monoisotopic (exact) mass is 229 g/mol. The largest absolute Gasteiger partial charge is 0.324 e. The molecular formula is C14H19N3. The molecule has 2 rings (SSSR count). The van der Waals surface area contributed by atoms with Gasteiger partial charge in [0.25, 0.3) is 0 Å². The average molecular weight is 229 g/mol.